The fourth-order valence-electron chi connectivity index (χ4n) is 2.65. The maximum atomic E-state index is 12.7. The third-order valence-corrected chi connectivity index (χ3v) is 4.79. The lowest BCUT2D eigenvalue weighted by atomic mass is 10.2. The lowest BCUT2D eigenvalue weighted by molar-refractivity contribution is 0.0662. The van der Waals surface area contributed by atoms with E-state index in [1.807, 2.05) is 31.2 Å². The predicted molar refractivity (Wildman–Crippen MR) is 90.8 cm³/mol. The van der Waals surface area contributed by atoms with Gasteiger partial charge >= 0.3 is 6.03 Å². The highest BCUT2D eigenvalue weighted by Crippen LogP contribution is 2.23. The average Bonchev–Trinajstić information content (AvgIpc) is 3.03. The van der Waals surface area contributed by atoms with E-state index in [0.717, 1.165) is 16.5 Å². The maximum absolute atomic E-state index is 12.7. The Kier molecular flexibility index (Phi) is 4.76. The molecule has 23 heavy (non-hydrogen) atoms. The van der Waals surface area contributed by atoms with E-state index in [2.05, 4.69) is 9.69 Å². The Morgan fingerprint density at radius 2 is 1.87 bits per heavy atom. The zero-order valence-electron chi connectivity index (χ0n) is 13.1. The first-order valence-electron chi connectivity index (χ1n) is 7.87. The van der Waals surface area contributed by atoms with Crippen LogP contribution in [0.25, 0.3) is 10.1 Å². The van der Waals surface area contributed by atoms with Crippen LogP contribution in [0.15, 0.2) is 24.3 Å². The fourth-order valence-corrected chi connectivity index (χ4v) is 3.41. The summed E-state index contributed by atoms with van der Waals surface area (Å²) < 4.78 is 5.34. The minimum absolute atomic E-state index is 0.0435. The van der Waals surface area contributed by atoms with Gasteiger partial charge in [0.15, 0.2) is 0 Å². The molecule has 1 aromatic heterocycles. The first kappa shape index (κ1) is 15.7. The highest BCUT2D eigenvalue weighted by Gasteiger charge is 2.26. The van der Waals surface area contributed by atoms with Crippen LogP contribution in [0.5, 0.6) is 0 Å². The summed E-state index contributed by atoms with van der Waals surface area (Å²) >= 11 is 1.35. The van der Waals surface area contributed by atoms with Crippen molar-refractivity contribution in [1.82, 2.24) is 19.5 Å². The lowest BCUT2D eigenvalue weighted by Gasteiger charge is -2.34. The second-order valence-corrected chi connectivity index (χ2v) is 6.34. The monoisotopic (exact) mass is 332 g/mol. The highest BCUT2D eigenvalue weighted by molar-refractivity contribution is 7.13. The summed E-state index contributed by atoms with van der Waals surface area (Å²) in [4.78, 5) is 28.2. The number of piperazine rings is 1. The molecule has 1 N–H and O–H groups in total. The van der Waals surface area contributed by atoms with Crippen LogP contribution in [-0.2, 0) is 0 Å². The van der Waals surface area contributed by atoms with Crippen molar-refractivity contribution in [2.45, 2.75) is 13.3 Å². The van der Waals surface area contributed by atoms with Gasteiger partial charge < -0.3 is 15.1 Å². The molecule has 3 rings (SSSR count). The Morgan fingerprint density at radius 1 is 1.17 bits per heavy atom. The van der Waals surface area contributed by atoms with Crippen LogP contribution in [-0.4, -0.2) is 58.8 Å². The third kappa shape index (κ3) is 3.29. The molecule has 1 saturated heterocycles. The molecule has 1 aromatic carbocycles. The number of carbonyl (C=O) groups is 2. The van der Waals surface area contributed by atoms with E-state index >= 15 is 0 Å². The number of hydrogen-bond donors (Lipinski definition) is 1. The third-order valence-electron chi connectivity index (χ3n) is 3.96. The molecule has 3 amide bonds. The van der Waals surface area contributed by atoms with Gasteiger partial charge in [0.25, 0.3) is 5.91 Å². The molecule has 0 bridgehead atoms. The van der Waals surface area contributed by atoms with Crippen LogP contribution in [0.1, 0.15) is 23.8 Å². The normalized spacial score (nSPS) is 15.0. The van der Waals surface area contributed by atoms with Gasteiger partial charge in [0, 0.05) is 38.1 Å². The SMILES string of the molecule is CCCNC(=O)N1CCN(C(=O)c2nsc3ccccc23)CC1. The minimum Gasteiger partial charge on any atom is -0.338 e. The van der Waals surface area contributed by atoms with Crippen molar-refractivity contribution in [3.8, 4) is 0 Å². The van der Waals surface area contributed by atoms with E-state index in [4.69, 9.17) is 0 Å². The van der Waals surface area contributed by atoms with Crippen molar-refractivity contribution in [3.63, 3.8) is 0 Å². The highest BCUT2D eigenvalue weighted by atomic mass is 32.1. The number of urea groups is 1. The molecule has 0 saturated carbocycles. The molecule has 2 aromatic rings. The van der Waals surface area contributed by atoms with Crippen molar-refractivity contribution in [2.24, 2.45) is 0 Å². The van der Waals surface area contributed by atoms with Gasteiger partial charge in [-0.1, -0.05) is 25.1 Å². The van der Waals surface area contributed by atoms with Crippen LogP contribution in [0.4, 0.5) is 4.79 Å². The van der Waals surface area contributed by atoms with E-state index in [1.54, 1.807) is 9.80 Å². The minimum atomic E-state index is -0.0453. The number of hydrogen-bond acceptors (Lipinski definition) is 4. The van der Waals surface area contributed by atoms with Crippen LogP contribution < -0.4 is 5.32 Å². The molecule has 0 spiro atoms. The Hall–Kier alpha value is -2.15. The topological polar surface area (TPSA) is 65.5 Å². The number of nitrogens with zero attached hydrogens (tertiary/aromatic N) is 3. The van der Waals surface area contributed by atoms with Crippen molar-refractivity contribution in [2.75, 3.05) is 32.7 Å². The molecule has 1 aliphatic heterocycles. The lowest BCUT2D eigenvalue weighted by Crippen LogP contribution is -2.53. The fraction of sp³-hybridized carbons (Fsp3) is 0.438. The molecule has 1 aliphatic rings. The average molecular weight is 332 g/mol. The van der Waals surface area contributed by atoms with E-state index < -0.39 is 0 Å². The number of nitrogens with one attached hydrogen (secondary N) is 1. The van der Waals surface area contributed by atoms with E-state index in [1.165, 1.54) is 11.5 Å². The Balaban J connectivity index is 1.63. The van der Waals surface area contributed by atoms with Gasteiger partial charge in [0.1, 0.15) is 5.69 Å². The van der Waals surface area contributed by atoms with Crippen molar-refractivity contribution >= 4 is 33.6 Å². The molecule has 7 heteroatoms. The van der Waals surface area contributed by atoms with Gasteiger partial charge in [-0.3, -0.25) is 4.79 Å². The summed E-state index contributed by atoms with van der Waals surface area (Å²) in [6, 6.07) is 7.73. The van der Waals surface area contributed by atoms with Gasteiger partial charge in [-0.05, 0) is 24.0 Å². The largest absolute Gasteiger partial charge is 0.338 e. The molecule has 0 unspecified atom stereocenters. The second-order valence-electron chi connectivity index (χ2n) is 5.54. The second kappa shape index (κ2) is 6.95. The Bertz CT molecular complexity index is 707. The van der Waals surface area contributed by atoms with Crippen LogP contribution in [0, 0.1) is 0 Å². The van der Waals surface area contributed by atoms with E-state index in [0.29, 0.717) is 38.4 Å². The molecular formula is C16H20N4O2S. The molecule has 1 fully saturated rings. The van der Waals surface area contributed by atoms with Gasteiger partial charge in [-0.2, -0.15) is 4.37 Å². The molecule has 0 radical (unpaired) electrons. The van der Waals surface area contributed by atoms with E-state index in [9.17, 15) is 9.59 Å². The zero-order chi connectivity index (χ0) is 16.2. The first-order chi connectivity index (χ1) is 11.2. The van der Waals surface area contributed by atoms with Gasteiger partial charge in [0.2, 0.25) is 0 Å². The molecule has 0 aliphatic carbocycles. The summed E-state index contributed by atoms with van der Waals surface area (Å²) in [5, 5.41) is 3.78. The number of amides is 3. The van der Waals surface area contributed by atoms with Gasteiger partial charge in [-0.25, -0.2) is 4.79 Å². The first-order valence-corrected chi connectivity index (χ1v) is 8.64. The van der Waals surface area contributed by atoms with E-state index in [-0.39, 0.29) is 11.9 Å². The predicted octanol–water partition coefficient (Wildman–Crippen LogP) is 2.17. The maximum Gasteiger partial charge on any atom is 0.317 e. The molecular weight excluding hydrogens is 312 g/mol. The zero-order valence-corrected chi connectivity index (χ0v) is 13.9. The van der Waals surface area contributed by atoms with Crippen LogP contribution in [0.2, 0.25) is 0 Å². The van der Waals surface area contributed by atoms with Crippen molar-refractivity contribution < 1.29 is 9.59 Å². The molecule has 0 atom stereocenters. The summed E-state index contributed by atoms with van der Waals surface area (Å²) in [7, 11) is 0. The number of benzene rings is 1. The number of rotatable bonds is 3. The molecule has 122 valence electrons. The van der Waals surface area contributed by atoms with Crippen molar-refractivity contribution in [1.29, 1.82) is 0 Å². The summed E-state index contributed by atoms with van der Waals surface area (Å²) in [5.41, 5.74) is 0.523. The summed E-state index contributed by atoms with van der Waals surface area (Å²) in [6.45, 7) is 4.92. The number of carbonyl (C=O) groups excluding carboxylic acids is 2. The van der Waals surface area contributed by atoms with Gasteiger partial charge in [-0.15, -0.1) is 0 Å². The summed E-state index contributed by atoms with van der Waals surface area (Å²) in [5.74, 6) is -0.0453. The smallest absolute Gasteiger partial charge is 0.317 e. The molecule has 2 heterocycles. The molecule has 6 nitrogen and oxygen atoms in total. The Morgan fingerprint density at radius 3 is 2.61 bits per heavy atom. The Labute approximate surface area is 139 Å². The summed E-state index contributed by atoms with van der Waals surface area (Å²) in [6.07, 6.45) is 0.918. The number of fused-ring (bicyclic) bond motifs is 1. The van der Waals surface area contributed by atoms with Crippen molar-refractivity contribution in [3.05, 3.63) is 30.0 Å². The number of aromatic nitrogens is 1. The van der Waals surface area contributed by atoms with Crippen LogP contribution in [0.3, 0.4) is 0 Å². The van der Waals surface area contributed by atoms with Crippen LogP contribution >= 0.6 is 11.5 Å². The van der Waals surface area contributed by atoms with Gasteiger partial charge in [0.05, 0.1) is 4.70 Å². The quantitative estimate of drug-likeness (QED) is 0.937. The standard InChI is InChI=1S/C16H20N4O2S/c1-2-7-17-16(22)20-10-8-19(9-11-20)15(21)14-12-5-3-4-6-13(12)23-18-14/h3-6H,2,7-11H2,1H3,(H,17,22).